The van der Waals surface area contributed by atoms with Gasteiger partial charge in [0.1, 0.15) is 17.1 Å². The summed E-state index contributed by atoms with van der Waals surface area (Å²) in [4.78, 5) is 50.7. The summed E-state index contributed by atoms with van der Waals surface area (Å²) in [7, 11) is 0. The van der Waals surface area contributed by atoms with E-state index in [1.807, 2.05) is 0 Å². The summed E-state index contributed by atoms with van der Waals surface area (Å²) in [6.07, 6.45) is 2.61. The van der Waals surface area contributed by atoms with Crippen molar-refractivity contribution in [3.63, 3.8) is 0 Å². The van der Waals surface area contributed by atoms with Crippen LogP contribution in [0.1, 0.15) is 48.0 Å². The zero-order valence-electron chi connectivity index (χ0n) is 14.9. The van der Waals surface area contributed by atoms with Crippen molar-refractivity contribution in [1.29, 1.82) is 0 Å². The van der Waals surface area contributed by atoms with Crippen LogP contribution in [-0.2, 0) is 27.2 Å². The lowest BCUT2D eigenvalue weighted by Crippen LogP contribution is -2.41. The molecule has 3 rings (SSSR count). The molecule has 8 nitrogen and oxygen atoms in total. The summed E-state index contributed by atoms with van der Waals surface area (Å²) in [5.74, 6) is -1.45. The molecule has 0 bridgehead atoms. The molecule has 0 unspecified atom stereocenters. The van der Waals surface area contributed by atoms with Crippen molar-refractivity contribution < 1.29 is 23.9 Å². The van der Waals surface area contributed by atoms with E-state index in [0.29, 0.717) is 10.6 Å². The third-order valence-corrected chi connectivity index (χ3v) is 5.61. The number of amides is 4. The van der Waals surface area contributed by atoms with Gasteiger partial charge in [-0.2, -0.15) is 0 Å². The van der Waals surface area contributed by atoms with Crippen molar-refractivity contribution in [2.24, 2.45) is 0 Å². The van der Waals surface area contributed by atoms with Crippen LogP contribution < -0.4 is 10.6 Å². The van der Waals surface area contributed by atoms with Gasteiger partial charge in [-0.25, -0.2) is 9.59 Å². The lowest BCUT2D eigenvalue weighted by molar-refractivity contribution is -0.132. The number of thiophene rings is 1. The molecule has 0 radical (unpaired) electrons. The van der Waals surface area contributed by atoms with Crippen LogP contribution in [0.25, 0.3) is 0 Å². The smallest absolute Gasteiger partial charge is 0.341 e. The highest BCUT2D eigenvalue weighted by Gasteiger charge is 2.45. The van der Waals surface area contributed by atoms with Crippen molar-refractivity contribution in [3.05, 3.63) is 16.0 Å². The average Bonchev–Trinajstić information content (AvgIpc) is 3.16. The second-order valence-electron chi connectivity index (χ2n) is 6.78. The van der Waals surface area contributed by atoms with Crippen molar-refractivity contribution in [2.75, 3.05) is 18.5 Å². The van der Waals surface area contributed by atoms with Gasteiger partial charge < -0.3 is 15.4 Å². The van der Waals surface area contributed by atoms with Gasteiger partial charge in [0.25, 0.3) is 5.91 Å². The highest BCUT2D eigenvalue weighted by atomic mass is 32.1. The average molecular weight is 379 g/mol. The molecule has 1 aliphatic carbocycles. The fourth-order valence-corrected chi connectivity index (χ4v) is 4.48. The molecule has 1 saturated heterocycles. The number of esters is 1. The molecule has 0 spiro atoms. The number of hydrogen-bond donors (Lipinski definition) is 2. The summed E-state index contributed by atoms with van der Waals surface area (Å²) in [6, 6.07) is -0.602. The van der Waals surface area contributed by atoms with Crippen molar-refractivity contribution in [3.8, 4) is 0 Å². The molecule has 140 valence electrons. The molecule has 0 saturated carbocycles. The number of ether oxygens (including phenoxy) is 1. The lowest BCUT2D eigenvalue weighted by Gasteiger charge is -2.15. The number of urea groups is 1. The highest BCUT2D eigenvalue weighted by molar-refractivity contribution is 7.17. The van der Waals surface area contributed by atoms with Gasteiger partial charge in [0.15, 0.2) is 0 Å². The van der Waals surface area contributed by atoms with E-state index < -0.39 is 35.9 Å². The Labute approximate surface area is 154 Å². The number of carbonyl (C=O) groups excluding carboxylic acids is 4. The SMILES string of the molecule is CCOC(=O)c1c(NC(=O)CN2C(=O)NC(C)(C)C2=O)sc2c1CCC2. The van der Waals surface area contributed by atoms with E-state index >= 15 is 0 Å². The Morgan fingerprint density at radius 2 is 2.04 bits per heavy atom. The fourth-order valence-electron chi connectivity index (χ4n) is 3.18. The number of rotatable bonds is 5. The first-order valence-electron chi connectivity index (χ1n) is 8.50. The number of fused-ring (bicyclic) bond motifs is 1. The topological polar surface area (TPSA) is 105 Å². The third kappa shape index (κ3) is 3.18. The molecule has 2 heterocycles. The van der Waals surface area contributed by atoms with E-state index in [-0.39, 0.29) is 6.61 Å². The molecule has 2 aliphatic rings. The van der Waals surface area contributed by atoms with E-state index in [1.54, 1.807) is 20.8 Å². The Balaban J connectivity index is 1.77. The van der Waals surface area contributed by atoms with E-state index in [4.69, 9.17) is 4.74 Å². The predicted molar refractivity (Wildman–Crippen MR) is 95.3 cm³/mol. The molecule has 0 atom stereocenters. The maximum absolute atomic E-state index is 12.4. The van der Waals surface area contributed by atoms with Crippen LogP contribution in [0.4, 0.5) is 9.80 Å². The highest BCUT2D eigenvalue weighted by Crippen LogP contribution is 2.39. The summed E-state index contributed by atoms with van der Waals surface area (Å²) >= 11 is 1.35. The van der Waals surface area contributed by atoms with E-state index in [0.717, 1.165) is 34.6 Å². The number of imide groups is 1. The maximum Gasteiger partial charge on any atom is 0.341 e. The first-order chi connectivity index (χ1) is 12.2. The largest absolute Gasteiger partial charge is 0.462 e. The minimum absolute atomic E-state index is 0.244. The second-order valence-corrected chi connectivity index (χ2v) is 7.88. The van der Waals surface area contributed by atoms with Gasteiger partial charge in [-0.1, -0.05) is 0 Å². The summed E-state index contributed by atoms with van der Waals surface area (Å²) in [5.41, 5.74) is 0.299. The van der Waals surface area contributed by atoms with Crippen LogP contribution in [0, 0.1) is 0 Å². The molecular weight excluding hydrogens is 358 g/mol. The van der Waals surface area contributed by atoms with Crippen LogP contribution >= 0.6 is 11.3 Å². The Morgan fingerprint density at radius 3 is 2.65 bits per heavy atom. The zero-order chi connectivity index (χ0) is 19.1. The van der Waals surface area contributed by atoms with Gasteiger partial charge in [-0.05, 0) is 45.6 Å². The molecule has 1 aromatic rings. The number of carbonyl (C=O) groups is 4. The first kappa shape index (κ1) is 18.4. The van der Waals surface area contributed by atoms with Crippen LogP contribution in [0.15, 0.2) is 0 Å². The van der Waals surface area contributed by atoms with Gasteiger partial charge in [-0.3, -0.25) is 14.5 Å². The molecule has 9 heteroatoms. The Bertz CT molecular complexity index is 799. The van der Waals surface area contributed by atoms with Gasteiger partial charge in [0.2, 0.25) is 5.91 Å². The van der Waals surface area contributed by atoms with E-state index in [9.17, 15) is 19.2 Å². The Morgan fingerprint density at radius 1 is 1.31 bits per heavy atom. The van der Waals surface area contributed by atoms with Crippen molar-refractivity contribution in [2.45, 2.75) is 45.6 Å². The number of hydrogen-bond acceptors (Lipinski definition) is 6. The number of aryl methyl sites for hydroxylation is 1. The summed E-state index contributed by atoms with van der Waals surface area (Å²) < 4.78 is 5.12. The predicted octanol–water partition coefficient (Wildman–Crippen LogP) is 1.68. The Kier molecular flexibility index (Phi) is 4.74. The maximum atomic E-state index is 12.4. The second kappa shape index (κ2) is 6.71. The van der Waals surface area contributed by atoms with E-state index in [2.05, 4.69) is 10.6 Å². The molecule has 1 aromatic heterocycles. The molecule has 1 aliphatic heterocycles. The van der Waals surface area contributed by atoms with Gasteiger partial charge in [0.05, 0.1) is 12.2 Å². The minimum Gasteiger partial charge on any atom is -0.462 e. The van der Waals surface area contributed by atoms with Gasteiger partial charge in [-0.15, -0.1) is 11.3 Å². The van der Waals surface area contributed by atoms with Crippen LogP contribution in [0.3, 0.4) is 0 Å². The van der Waals surface area contributed by atoms with Gasteiger partial charge in [0, 0.05) is 4.88 Å². The van der Waals surface area contributed by atoms with E-state index in [1.165, 1.54) is 11.3 Å². The molecule has 4 amide bonds. The summed E-state index contributed by atoms with van der Waals surface area (Å²) in [6.45, 7) is 4.72. The van der Waals surface area contributed by atoms with Crippen LogP contribution in [0.5, 0.6) is 0 Å². The quantitative estimate of drug-likeness (QED) is 0.598. The number of nitrogens with one attached hydrogen (secondary N) is 2. The number of anilines is 1. The molecule has 26 heavy (non-hydrogen) atoms. The third-order valence-electron chi connectivity index (χ3n) is 4.40. The van der Waals surface area contributed by atoms with Crippen molar-refractivity contribution >= 4 is 40.2 Å². The molecule has 2 N–H and O–H groups in total. The monoisotopic (exact) mass is 379 g/mol. The fraction of sp³-hybridized carbons (Fsp3) is 0.529. The number of nitrogens with zero attached hydrogens (tertiary/aromatic N) is 1. The first-order valence-corrected chi connectivity index (χ1v) is 9.32. The minimum atomic E-state index is -1.03. The van der Waals surface area contributed by atoms with Crippen molar-refractivity contribution in [1.82, 2.24) is 10.2 Å². The van der Waals surface area contributed by atoms with Crippen LogP contribution in [0.2, 0.25) is 0 Å². The lowest BCUT2D eigenvalue weighted by atomic mass is 10.1. The molecule has 0 aromatic carbocycles. The zero-order valence-corrected chi connectivity index (χ0v) is 15.7. The summed E-state index contributed by atoms with van der Waals surface area (Å²) in [5, 5.41) is 5.63. The normalized spacial score (nSPS) is 17.9. The van der Waals surface area contributed by atoms with Crippen LogP contribution in [-0.4, -0.2) is 47.4 Å². The standard InChI is InChI=1S/C17H21N3O5S/c1-4-25-14(22)12-9-6-5-7-10(9)26-13(12)18-11(21)8-20-15(23)17(2,3)19-16(20)24/h4-8H2,1-3H3,(H,18,21)(H,19,24). The van der Waals surface area contributed by atoms with Gasteiger partial charge >= 0.3 is 12.0 Å². The molecule has 1 fully saturated rings. The molecular formula is C17H21N3O5S. The Hall–Kier alpha value is -2.42.